The summed E-state index contributed by atoms with van der Waals surface area (Å²) in [5, 5.41) is 11.3. The first-order valence-electron chi connectivity index (χ1n) is 5.89. The van der Waals surface area contributed by atoms with Gasteiger partial charge in [0.15, 0.2) is 0 Å². The van der Waals surface area contributed by atoms with E-state index in [9.17, 15) is 4.79 Å². The van der Waals surface area contributed by atoms with Gasteiger partial charge in [0.05, 0.1) is 11.6 Å². The lowest BCUT2D eigenvalue weighted by Gasteiger charge is -2.04. The maximum atomic E-state index is 11.5. The standard InChI is InChI=1S/C15H13N3O/c1-17-15(19)14-9-13(6-7-18-14)8-11-2-4-12(10-16)5-3-11/h2-7,9H,8H2,1H3,(H,17,19). The van der Waals surface area contributed by atoms with Crippen molar-refractivity contribution in [3.8, 4) is 6.07 Å². The summed E-state index contributed by atoms with van der Waals surface area (Å²) in [4.78, 5) is 15.5. The minimum Gasteiger partial charge on any atom is -0.354 e. The lowest BCUT2D eigenvalue weighted by molar-refractivity contribution is 0.0958. The molecular weight excluding hydrogens is 238 g/mol. The number of amides is 1. The molecule has 1 aromatic heterocycles. The smallest absolute Gasteiger partial charge is 0.269 e. The summed E-state index contributed by atoms with van der Waals surface area (Å²) in [7, 11) is 1.58. The molecule has 1 amide bonds. The van der Waals surface area contributed by atoms with Crippen LogP contribution in [-0.2, 0) is 6.42 Å². The number of benzene rings is 1. The molecule has 4 nitrogen and oxygen atoms in total. The van der Waals surface area contributed by atoms with Crippen molar-refractivity contribution >= 4 is 5.91 Å². The fourth-order valence-corrected chi connectivity index (χ4v) is 1.77. The summed E-state index contributed by atoms with van der Waals surface area (Å²) in [5.41, 5.74) is 3.16. The average molecular weight is 251 g/mol. The molecule has 0 fully saturated rings. The monoisotopic (exact) mass is 251 g/mol. The van der Waals surface area contributed by atoms with E-state index < -0.39 is 0 Å². The molecule has 0 aliphatic rings. The third-order valence-electron chi connectivity index (χ3n) is 2.78. The Kier molecular flexibility index (Phi) is 3.89. The minimum absolute atomic E-state index is 0.193. The molecule has 0 unspecified atom stereocenters. The van der Waals surface area contributed by atoms with Gasteiger partial charge >= 0.3 is 0 Å². The Morgan fingerprint density at radius 1 is 1.26 bits per heavy atom. The summed E-state index contributed by atoms with van der Waals surface area (Å²) >= 11 is 0. The number of pyridine rings is 1. The van der Waals surface area contributed by atoms with Gasteiger partial charge < -0.3 is 5.32 Å². The van der Waals surface area contributed by atoms with Crippen molar-refractivity contribution < 1.29 is 4.79 Å². The Morgan fingerprint density at radius 3 is 2.63 bits per heavy atom. The Balaban J connectivity index is 2.18. The van der Waals surface area contributed by atoms with E-state index in [-0.39, 0.29) is 5.91 Å². The van der Waals surface area contributed by atoms with Gasteiger partial charge in [-0.3, -0.25) is 9.78 Å². The van der Waals surface area contributed by atoms with Gasteiger partial charge in [0.1, 0.15) is 5.69 Å². The molecule has 0 aliphatic carbocycles. The zero-order valence-corrected chi connectivity index (χ0v) is 10.6. The van der Waals surface area contributed by atoms with Gasteiger partial charge in [-0.1, -0.05) is 12.1 Å². The van der Waals surface area contributed by atoms with E-state index in [2.05, 4.69) is 16.4 Å². The van der Waals surface area contributed by atoms with Gasteiger partial charge in [-0.25, -0.2) is 0 Å². The third-order valence-corrected chi connectivity index (χ3v) is 2.78. The molecule has 1 aromatic carbocycles. The van der Waals surface area contributed by atoms with Crippen molar-refractivity contribution in [2.75, 3.05) is 7.05 Å². The van der Waals surface area contributed by atoms with Crippen molar-refractivity contribution in [1.29, 1.82) is 5.26 Å². The first kappa shape index (κ1) is 12.8. The Hall–Kier alpha value is -2.67. The molecule has 0 radical (unpaired) electrons. The van der Waals surface area contributed by atoms with Crippen molar-refractivity contribution in [3.05, 3.63) is 65.0 Å². The summed E-state index contributed by atoms with van der Waals surface area (Å²) in [6.45, 7) is 0. The number of carbonyl (C=O) groups is 1. The second kappa shape index (κ2) is 5.78. The first-order valence-corrected chi connectivity index (χ1v) is 5.89. The van der Waals surface area contributed by atoms with Gasteiger partial charge in [0, 0.05) is 13.2 Å². The highest BCUT2D eigenvalue weighted by molar-refractivity contribution is 5.92. The molecule has 0 bridgehead atoms. The van der Waals surface area contributed by atoms with Crippen LogP contribution in [0.1, 0.15) is 27.2 Å². The van der Waals surface area contributed by atoms with E-state index in [0.717, 1.165) is 11.1 Å². The van der Waals surface area contributed by atoms with Gasteiger partial charge in [-0.2, -0.15) is 5.26 Å². The summed E-state index contributed by atoms with van der Waals surface area (Å²) in [5.74, 6) is -0.193. The minimum atomic E-state index is -0.193. The van der Waals surface area contributed by atoms with E-state index >= 15 is 0 Å². The Morgan fingerprint density at radius 2 is 2.00 bits per heavy atom. The van der Waals surface area contributed by atoms with Crippen LogP contribution in [0.4, 0.5) is 0 Å². The maximum absolute atomic E-state index is 11.5. The Labute approximate surface area is 111 Å². The first-order chi connectivity index (χ1) is 9.22. The van der Waals surface area contributed by atoms with Crippen molar-refractivity contribution in [2.24, 2.45) is 0 Å². The topological polar surface area (TPSA) is 65.8 Å². The fourth-order valence-electron chi connectivity index (χ4n) is 1.77. The molecule has 1 N–H and O–H groups in total. The van der Waals surface area contributed by atoms with Crippen LogP contribution in [0.5, 0.6) is 0 Å². The molecule has 2 rings (SSSR count). The van der Waals surface area contributed by atoms with Gasteiger partial charge in [-0.15, -0.1) is 0 Å². The highest BCUT2D eigenvalue weighted by atomic mass is 16.1. The summed E-state index contributed by atoms with van der Waals surface area (Å²) in [6, 6.07) is 13.1. The number of nitriles is 1. The van der Waals surface area contributed by atoms with Crippen LogP contribution in [0, 0.1) is 11.3 Å². The summed E-state index contributed by atoms with van der Waals surface area (Å²) < 4.78 is 0. The molecule has 0 spiro atoms. The maximum Gasteiger partial charge on any atom is 0.269 e. The quantitative estimate of drug-likeness (QED) is 0.906. The van der Waals surface area contributed by atoms with Crippen LogP contribution < -0.4 is 5.32 Å². The average Bonchev–Trinajstić information content (AvgIpc) is 2.47. The second-order valence-electron chi connectivity index (χ2n) is 4.11. The Bertz CT molecular complexity index is 627. The largest absolute Gasteiger partial charge is 0.354 e. The van der Waals surface area contributed by atoms with E-state index in [1.54, 1.807) is 31.4 Å². The lowest BCUT2D eigenvalue weighted by Crippen LogP contribution is -2.19. The normalized spacial score (nSPS) is 9.68. The molecule has 0 saturated heterocycles. The van der Waals surface area contributed by atoms with Crippen LogP contribution >= 0.6 is 0 Å². The van der Waals surface area contributed by atoms with Crippen LogP contribution in [0.2, 0.25) is 0 Å². The van der Waals surface area contributed by atoms with E-state index in [0.29, 0.717) is 17.7 Å². The SMILES string of the molecule is CNC(=O)c1cc(Cc2ccc(C#N)cc2)ccn1. The molecule has 0 aliphatic heterocycles. The van der Waals surface area contributed by atoms with Crippen LogP contribution in [0.15, 0.2) is 42.6 Å². The number of aromatic nitrogens is 1. The van der Waals surface area contributed by atoms with Crippen molar-refractivity contribution in [2.45, 2.75) is 6.42 Å². The summed E-state index contributed by atoms with van der Waals surface area (Å²) in [6.07, 6.45) is 2.34. The number of carbonyl (C=O) groups excluding carboxylic acids is 1. The molecule has 2 aromatic rings. The number of hydrogen-bond acceptors (Lipinski definition) is 3. The van der Waals surface area contributed by atoms with Gasteiger partial charge in [-0.05, 0) is 41.8 Å². The molecular formula is C15H13N3O. The third kappa shape index (κ3) is 3.17. The van der Waals surface area contributed by atoms with Crippen LogP contribution in [0.25, 0.3) is 0 Å². The van der Waals surface area contributed by atoms with Crippen LogP contribution in [-0.4, -0.2) is 17.9 Å². The number of nitrogens with zero attached hydrogens (tertiary/aromatic N) is 2. The zero-order valence-electron chi connectivity index (χ0n) is 10.6. The molecule has 94 valence electrons. The second-order valence-corrected chi connectivity index (χ2v) is 4.11. The zero-order chi connectivity index (χ0) is 13.7. The molecule has 19 heavy (non-hydrogen) atoms. The molecule has 0 atom stereocenters. The number of rotatable bonds is 3. The predicted octanol–water partition coefficient (Wildman–Crippen LogP) is 1.90. The number of hydrogen-bond donors (Lipinski definition) is 1. The number of nitrogens with one attached hydrogen (secondary N) is 1. The van der Waals surface area contributed by atoms with Gasteiger partial charge in [0.2, 0.25) is 0 Å². The molecule has 0 saturated carbocycles. The van der Waals surface area contributed by atoms with Crippen molar-refractivity contribution in [3.63, 3.8) is 0 Å². The molecule has 1 heterocycles. The van der Waals surface area contributed by atoms with E-state index in [1.807, 2.05) is 18.2 Å². The highest BCUT2D eigenvalue weighted by Crippen LogP contribution is 2.11. The lowest BCUT2D eigenvalue weighted by atomic mass is 10.0. The van der Waals surface area contributed by atoms with E-state index in [1.165, 1.54) is 0 Å². The van der Waals surface area contributed by atoms with Crippen molar-refractivity contribution in [1.82, 2.24) is 10.3 Å². The fraction of sp³-hybridized carbons (Fsp3) is 0.133. The predicted molar refractivity (Wildman–Crippen MR) is 71.6 cm³/mol. The highest BCUT2D eigenvalue weighted by Gasteiger charge is 2.05. The van der Waals surface area contributed by atoms with E-state index in [4.69, 9.17) is 5.26 Å². The van der Waals surface area contributed by atoms with Crippen LogP contribution in [0.3, 0.4) is 0 Å². The van der Waals surface area contributed by atoms with Gasteiger partial charge in [0.25, 0.3) is 5.91 Å². The molecule has 4 heteroatoms.